The van der Waals surface area contributed by atoms with Crippen LogP contribution in [0, 0.1) is 0 Å². The lowest BCUT2D eigenvalue weighted by atomic mass is 9.85. The topological polar surface area (TPSA) is 169 Å². The van der Waals surface area contributed by atoms with Crippen LogP contribution < -0.4 is 9.47 Å². The molecule has 260 valence electrons. The molecule has 1 saturated heterocycles. The van der Waals surface area contributed by atoms with Gasteiger partial charge in [-0.2, -0.15) is 0 Å². The van der Waals surface area contributed by atoms with Gasteiger partial charge in [0.05, 0.1) is 6.61 Å². The fraction of sp³-hybridized carbons (Fsp3) is 0.263. The molecule has 50 heavy (non-hydrogen) atoms. The molecule has 1 fully saturated rings. The molecule has 0 spiro atoms. The number of para-hydroxylation sites is 1. The van der Waals surface area contributed by atoms with E-state index >= 15 is 0 Å². The van der Waals surface area contributed by atoms with Crippen LogP contribution in [-0.4, -0.2) is 75.1 Å². The largest absolute Gasteiger partial charge is 0.485 e. The Morgan fingerprint density at radius 1 is 0.820 bits per heavy atom. The standard InChI is InChI=1S/C38H37NO11/c1-25(39(22-34(40)41)35(42)33-24-48-38(50-33,36(43)44)37(45)46)30(19-17-26-11-5-2-6-12-26)28-18-20-31(49-29-15-9-4-10-16-29)32(21-28)47-23-27-13-7-3-8-14-27/h2-16,18,20-21,25,30,33H,17,19,22-24H2,1H3,(H,40,41)(H,43,44)(H,45,46). The molecule has 12 heteroatoms. The maximum absolute atomic E-state index is 13.9. The summed E-state index contributed by atoms with van der Waals surface area (Å²) in [5, 5.41) is 28.9. The van der Waals surface area contributed by atoms with Gasteiger partial charge < -0.3 is 39.2 Å². The third-order valence-corrected chi connectivity index (χ3v) is 8.44. The lowest BCUT2D eigenvalue weighted by Gasteiger charge is -2.35. The number of carbonyl (C=O) groups excluding carboxylic acids is 1. The second-order valence-corrected chi connectivity index (χ2v) is 11.8. The van der Waals surface area contributed by atoms with Gasteiger partial charge in [0.1, 0.15) is 18.9 Å². The summed E-state index contributed by atoms with van der Waals surface area (Å²) in [7, 11) is 0. The third kappa shape index (κ3) is 8.46. The second-order valence-electron chi connectivity index (χ2n) is 11.8. The van der Waals surface area contributed by atoms with Gasteiger partial charge in [0.15, 0.2) is 17.6 Å². The molecule has 0 bridgehead atoms. The number of hydrogen-bond acceptors (Lipinski definition) is 8. The molecule has 12 nitrogen and oxygen atoms in total. The molecular weight excluding hydrogens is 646 g/mol. The van der Waals surface area contributed by atoms with Crippen molar-refractivity contribution in [1.29, 1.82) is 0 Å². The Morgan fingerprint density at radius 2 is 1.42 bits per heavy atom. The number of nitrogens with zero attached hydrogens (tertiary/aromatic N) is 1. The van der Waals surface area contributed by atoms with Gasteiger partial charge in [-0.05, 0) is 60.7 Å². The van der Waals surface area contributed by atoms with E-state index in [0.717, 1.165) is 16.0 Å². The number of hydrogen-bond donors (Lipinski definition) is 3. The van der Waals surface area contributed by atoms with Crippen molar-refractivity contribution in [2.45, 2.75) is 50.2 Å². The summed E-state index contributed by atoms with van der Waals surface area (Å²) < 4.78 is 22.7. The molecule has 3 atom stereocenters. The van der Waals surface area contributed by atoms with Crippen LogP contribution >= 0.6 is 0 Å². The Labute approximate surface area is 288 Å². The minimum absolute atomic E-state index is 0.233. The van der Waals surface area contributed by atoms with Gasteiger partial charge in [-0.1, -0.05) is 84.9 Å². The van der Waals surface area contributed by atoms with Gasteiger partial charge in [-0.25, -0.2) is 9.59 Å². The van der Waals surface area contributed by atoms with Crippen molar-refractivity contribution in [3.8, 4) is 17.2 Å². The second kappa shape index (κ2) is 16.1. The van der Waals surface area contributed by atoms with E-state index in [-0.39, 0.29) is 6.61 Å². The summed E-state index contributed by atoms with van der Waals surface area (Å²) >= 11 is 0. The molecule has 4 aromatic rings. The number of benzene rings is 4. The van der Waals surface area contributed by atoms with Gasteiger partial charge in [0, 0.05) is 12.0 Å². The number of ether oxygens (including phenoxy) is 4. The molecule has 3 N–H and O–H groups in total. The van der Waals surface area contributed by atoms with E-state index in [2.05, 4.69) is 0 Å². The van der Waals surface area contributed by atoms with Crippen LogP contribution in [0.1, 0.15) is 36.0 Å². The average molecular weight is 684 g/mol. The Morgan fingerprint density at radius 3 is 2.00 bits per heavy atom. The fourth-order valence-electron chi connectivity index (χ4n) is 5.83. The van der Waals surface area contributed by atoms with Crippen LogP contribution in [-0.2, 0) is 41.7 Å². The average Bonchev–Trinajstić information content (AvgIpc) is 3.59. The van der Waals surface area contributed by atoms with E-state index in [9.17, 15) is 34.5 Å². The molecule has 1 aliphatic rings. The molecule has 5 rings (SSSR count). The molecular formula is C38H37NO11. The Bertz CT molecular complexity index is 1770. The lowest BCUT2D eigenvalue weighted by molar-refractivity contribution is -0.218. The molecule has 0 saturated carbocycles. The predicted octanol–water partition coefficient (Wildman–Crippen LogP) is 5.36. The first-order chi connectivity index (χ1) is 24.1. The Kier molecular flexibility index (Phi) is 11.5. The molecule has 0 aliphatic carbocycles. The summed E-state index contributed by atoms with van der Waals surface area (Å²) in [6.45, 7) is 0.462. The minimum atomic E-state index is -3.09. The summed E-state index contributed by atoms with van der Waals surface area (Å²) in [6, 6.07) is 33.0. The predicted molar refractivity (Wildman–Crippen MR) is 179 cm³/mol. The number of carboxylic acid groups (broad SMARTS) is 3. The number of rotatable bonds is 16. The highest BCUT2D eigenvalue weighted by Gasteiger charge is 2.58. The number of aliphatic carboxylic acids is 3. The van der Waals surface area contributed by atoms with Crippen LogP contribution in [0.25, 0.3) is 0 Å². The molecule has 1 aliphatic heterocycles. The highest BCUT2D eigenvalue weighted by atomic mass is 16.8. The molecule has 0 aromatic heterocycles. The lowest BCUT2D eigenvalue weighted by Crippen LogP contribution is -2.52. The van der Waals surface area contributed by atoms with Crippen LogP contribution in [0.3, 0.4) is 0 Å². The maximum Gasteiger partial charge on any atom is 0.377 e. The SMILES string of the molecule is CC(C(CCc1ccccc1)c1ccc(Oc2ccccc2)c(OCc2ccccc2)c1)N(CC(=O)O)C(=O)C1COC(C(=O)O)(C(=O)O)O1. The third-order valence-electron chi connectivity index (χ3n) is 8.44. The minimum Gasteiger partial charge on any atom is -0.485 e. The fourth-order valence-corrected chi connectivity index (χ4v) is 5.83. The van der Waals surface area contributed by atoms with Gasteiger partial charge in [-0.15, -0.1) is 0 Å². The van der Waals surface area contributed by atoms with Crippen molar-refractivity contribution >= 4 is 23.8 Å². The Hall–Kier alpha value is -5.72. The summed E-state index contributed by atoms with van der Waals surface area (Å²) in [5.41, 5.74) is 2.66. The monoisotopic (exact) mass is 683 g/mol. The Balaban J connectivity index is 1.51. The van der Waals surface area contributed by atoms with Crippen molar-refractivity contribution in [3.63, 3.8) is 0 Å². The smallest absolute Gasteiger partial charge is 0.377 e. The number of amides is 1. The van der Waals surface area contributed by atoms with E-state index in [4.69, 9.17) is 18.9 Å². The number of carbonyl (C=O) groups is 4. The van der Waals surface area contributed by atoms with Crippen LogP contribution in [0.5, 0.6) is 17.2 Å². The normalized spacial score (nSPS) is 16.1. The van der Waals surface area contributed by atoms with Crippen molar-refractivity contribution in [1.82, 2.24) is 4.90 Å². The van der Waals surface area contributed by atoms with Gasteiger partial charge in [0.25, 0.3) is 5.91 Å². The van der Waals surface area contributed by atoms with E-state index in [1.807, 2.05) is 103 Å². The molecule has 1 heterocycles. The zero-order valence-corrected chi connectivity index (χ0v) is 27.2. The number of aryl methyl sites for hydroxylation is 1. The van der Waals surface area contributed by atoms with E-state index in [0.29, 0.717) is 35.7 Å². The first kappa shape index (κ1) is 35.6. The first-order valence-electron chi connectivity index (χ1n) is 16.0. The van der Waals surface area contributed by atoms with Crippen LogP contribution in [0.2, 0.25) is 0 Å². The molecule has 3 unspecified atom stereocenters. The van der Waals surface area contributed by atoms with Gasteiger partial charge in [-0.3, -0.25) is 9.59 Å². The highest BCUT2D eigenvalue weighted by molar-refractivity contribution is 6.01. The molecule has 1 amide bonds. The van der Waals surface area contributed by atoms with Crippen molar-refractivity contribution in [2.24, 2.45) is 0 Å². The first-order valence-corrected chi connectivity index (χ1v) is 16.0. The molecule has 0 radical (unpaired) electrons. The quantitative estimate of drug-likeness (QED) is 0.130. The highest BCUT2D eigenvalue weighted by Crippen LogP contribution is 2.38. The number of carboxylic acids is 3. The summed E-state index contributed by atoms with van der Waals surface area (Å²) in [4.78, 5) is 50.6. The zero-order chi connectivity index (χ0) is 35.7. The van der Waals surface area contributed by atoms with Crippen LogP contribution in [0.15, 0.2) is 109 Å². The van der Waals surface area contributed by atoms with Crippen LogP contribution in [0.4, 0.5) is 0 Å². The maximum atomic E-state index is 13.9. The summed E-state index contributed by atoms with van der Waals surface area (Å²) in [6.07, 6.45) is -0.649. The van der Waals surface area contributed by atoms with Crippen molar-refractivity contribution in [2.75, 3.05) is 13.2 Å². The van der Waals surface area contributed by atoms with Gasteiger partial charge >= 0.3 is 23.7 Å². The van der Waals surface area contributed by atoms with E-state index in [1.165, 1.54) is 0 Å². The molecule has 4 aromatic carbocycles. The van der Waals surface area contributed by atoms with Crippen molar-refractivity contribution < 1.29 is 53.4 Å². The van der Waals surface area contributed by atoms with E-state index in [1.54, 1.807) is 13.0 Å². The van der Waals surface area contributed by atoms with E-state index < -0.39 is 60.8 Å². The summed E-state index contributed by atoms with van der Waals surface area (Å²) in [5.74, 6) is -8.26. The van der Waals surface area contributed by atoms with Crippen molar-refractivity contribution in [3.05, 3.63) is 126 Å². The van der Waals surface area contributed by atoms with Gasteiger partial charge in [0.2, 0.25) is 0 Å². The zero-order valence-electron chi connectivity index (χ0n) is 27.2.